The van der Waals surface area contributed by atoms with Crippen LogP contribution in [0.2, 0.25) is 5.02 Å². The summed E-state index contributed by atoms with van der Waals surface area (Å²) >= 11 is 6.07. The van der Waals surface area contributed by atoms with Crippen LogP contribution in [0.5, 0.6) is 0 Å². The molecule has 2 aromatic heterocycles. The van der Waals surface area contributed by atoms with Gasteiger partial charge in [0.2, 0.25) is 5.78 Å². The summed E-state index contributed by atoms with van der Waals surface area (Å²) in [4.78, 5) is 29.6. The molecule has 0 spiro atoms. The first-order valence-electron chi connectivity index (χ1n) is 10.8. The number of piperazine rings is 1. The van der Waals surface area contributed by atoms with E-state index in [0.29, 0.717) is 56.0 Å². The van der Waals surface area contributed by atoms with Crippen LogP contribution in [-0.2, 0) is 13.1 Å². The minimum absolute atomic E-state index is 0.0777. The van der Waals surface area contributed by atoms with Crippen molar-refractivity contribution in [2.45, 2.75) is 20.0 Å². The summed E-state index contributed by atoms with van der Waals surface area (Å²) in [7, 11) is 0. The average Bonchev–Trinajstić information content (AvgIpc) is 3.23. The molecule has 0 bridgehead atoms. The van der Waals surface area contributed by atoms with E-state index in [-0.39, 0.29) is 16.5 Å². The molecule has 0 radical (unpaired) electrons. The zero-order valence-electron chi connectivity index (χ0n) is 18.0. The maximum atomic E-state index is 13.3. The number of carbonyl (C=O) groups is 1. The SMILES string of the molecule is CCn1c(=O)c2ccccc2n2c(CN3CCN(C(=O)c4ccc(F)cc4Cl)CC3)nnc12. The lowest BCUT2D eigenvalue weighted by Crippen LogP contribution is -2.48. The van der Waals surface area contributed by atoms with Crippen LogP contribution in [0, 0.1) is 5.82 Å². The Bertz CT molecular complexity index is 1420. The summed E-state index contributed by atoms with van der Waals surface area (Å²) < 4.78 is 16.9. The molecule has 10 heteroatoms. The number of hydrogen-bond acceptors (Lipinski definition) is 5. The zero-order valence-corrected chi connectivity index (χ0v) is 18.8. The van der Waals surface area contributed by atoms with Crippen molar-refractivity contribution >= 4 is 34.2 Å². The maximum Gasteiger partial charge on any atom is 0.262 e. The molecule has 5 rings (SSSR count). The van der Waals surface area contributed by atoms with Gasteiger partial charge in [0.15, 0.2) is 5.82 Å². The van der Waals surface area contributed by atoms with E-state index in [1.165, 1.54) is 12.1 Å². The minimum Gasteiger partial charge on any atom is -0.336 e. The third-order valence-corrected chi connectivity index (χ3v) is 6.39. The molecule has 1 aliphatic rings. The fourth-order valence-corrected chi connectivity index (χ4v) is 4.59. The molecular weight excluding hydrogens is 447 g/mol. The second-order valence-electron chi connectivity index (χ2n) is 8.01. The quantitative estimate of drug-likeness (QED) is 0.460. The fraction of sp³-hybridized carbons (Fsp3) is 0.304. The Morgan fingerprint density at radius 3 is 2.58 bits per heavy atom. The molecule has 0 N–H and O–H groups in total. The second kappa shape index (κ2) is 8.57. The van der Waals surface area contributed by atoms with Crippen LogP contribution in [0.4, 0.5) is 4.39 Å². The molecule has 0 saturated carbocycles. The van der Waals surface area contributed by atoms with Crippen molar-refractivity contribution in [3.8, 4) is 0 Å². The summed E-state index contributed by atoms with van der Waals surface area (Å²) in [5.74, 6) is 0.592. The van der Waals surface area contributed by atoms with Crippen molar-refractivity contribution < 1.29 is 9.18 Å². The second-order valence-corrected chi connectivity index (χ2v) is 8.42. The topological polar surface area (TPSA) is 75.7 Å². The highest BCUT2D eigenvalue weighted by Crippen LogP contribution is 2.21. The van der Waals surface area contributed by atoms with Crippen LogP contribution in [0.3, 0.4) is 0 Å². The van der Waals surface area contributed by atoms with Crippen molar-refractivity contribution in [1.29, 1.82) is 0 Å². The van der Waals surface area contributed by atoms with Crippen LogP contribution in [0.25, 0.3) is 16.7 Å². The van der Waals surface area contributed by atoms with Gasteiger partial charge in [-0.1, -0.05) is 23.7 Å². The number of rotatable bonds is 4. The van der Waals surface area contributed by atoms with E-state index in [1.54, 1.807) is 9.47 Å². The maximum absolute atomic E-state index is 13.3. The number of carbonyl (C=O) groups excluding carboxylic acids is 1. The van der Waals surface area contributed by atoms with Crippen LogP contribution < -0.4 is 5.56 Å². The largest absolute Gasteiger partial charge is 0.336 e. The minimum atomic E-state index is -0.470. The molecule has 0 aliphatic carbocycles. The van der Waals surface area contributed by atoms with E-state index in [0.717, 1.165) is 17.4 Å². The summed E-state index contributed by atoms with van der Waals surface area (Å²) in [6.45, 7) is 5.27. The van der Waals surface area contributed by atoms with Crippen LogP contribution in [-0.4, -0.2) is 61.1 Å². The van der Waals surface area contributed by atoms with Gasteiger partial charge in [-0.15, -0.1) is 10.2 Å². The van der Waals surface area contributed by atoms with Crippen LogP contribution in [0.1, 0.15) is 23.1 Å². The van der Waals surface area contributed by atoms with Crippen LogP contribution in [0.15, 0.2) is 47.3 Å². The molecule has 1 fully saturated rings. The molecule has 8 nitrogen and oxygen atoms in total. The third kappa shape index (κ3) is 3.77. The molecule has 2 aromatic carbocycles. The molecule has 33 heavy (non-hydrogen) atoms. The van der Waals surface area contributed by atoms with E-state index in [2.05, 4.69) is 15.1 Å². The Balaban J connectivity index is 1.37. The molecule has 0 unspecified atom stereocenters. The predicted molar refractivity (Wildman–Crippen MR) is 123 cm³/mol. The fourth-order valence-electron chi connectivity index (χ4n) is 4.34. The normalized spacial score (nSPS) is 14.9. The van der Waals surface area contributed by atoms with Crippen LogP contribution >= 0.6 is 11.6 Å². The van der Waals surface area contributed by atoms with E-state index in [4.69, 9.17) is 11.6 Å². The standard InChI is InChI=1S/C23H22ClFN6O2/c1-2-30-22(33)17-5-3-4-6-19(17)31-20(26-27-23(30)31)14-28-9-11-29(12-10-28)21(32)16-8-7-15(25)13-18(16)24/h3-8,13H,2,9-12,14H2,1H3. The predicted octanol–water partition coefficient (Wildman–Crippen LogP) is 2.81. The van der Waals surface area contributed by atoms with Gasteiger partial charge in [-0.3, -0.25) is 23.5 Å². The number of aryl methyl sites for hydroxylation is 1. The smallest absolute Gasteiger partial charge is 0.262 e. The highest BCUT2D eigenvalue weighted by molar-refractivity contribution is 6.33. The highest BCUT2D eigenvalue weighted by atomic mass is 35.5. The first-order chi connectivity index (χ1) is 16.0. The van der Waals surface area contributed by atoms with E-state index in [1.807, 2.05) is 35.6 Å². The molecule has 1 aliphatic heterocycles. The summed E-state index contributed by atoms with van der Waals surface area (Å²) in [5.41, 5.74) is 1.01. The van der Waals surface area contributed by atoms with Gasteiger partial charge in [-0.25, -0.2) is 4.39 Å². The molecule has 3 heterocycles. The van der Waals surface area contributed by atoms with Crippen molar-refractivity contribution in [1.82, 2.24) is 29.0 Å². The highest BCUT2D eigenvalue weighted by Gasteiger charge is 2.25. The number of nitrogens with zero attached hydrogens (tertiary/aromatic N) is 6. The molecule has 0 atom stereocenters. The third-order valence-electron chi connectivity index (χ3n) is 6.08. The lowest BCUT2D eigenvalue weighted by atomic mass is 10.1. The molecule has 1 saturated heterocycles. The van der Waals surface area contributed by atoms with Crippen molar-refractivity contribution in [2.75, 3.05) is 26.2 Å². The van der Waals surface area contributed by atoms with Gasteiger partial charge in [-0.2, -0.15) is 0 Å². The van der Waals surface area contributed by atoms with Gasteiger partial charge in [-0.05, 0) is 37.3 Å². The lowest BCUT2D eigenvalue weighted by Gasteiger charge is -2.34. The Morgan fingerprint density at radius 1 is 1.09 bits per heavy atom. The monoisotopic (exact) mass is 468 g/mol. The number of fused-ring (bicyclic) bond motifs is 3. The molecule has 170 valence electrons. The molecular formula is C23H22ClFN6O2. The number of benzene rings is 2. The number of para-hydroxylation sites is 1. The first-order valence-corrected chi connectivity index (χ1v) is 11.2. The molecule has 1 amide bonds. The van der Waals surface area contributed by atoms with Gasteiger partial charge < -0.3 is 4.90 Å². The molecule has 4 aromatic rings. The van der Waals surface area contributed by atoms with E-state index >= 15 is 0 Å². The van der Waals surface area contributed by atoms with Gasteiger partial charge >= 0.3 is 0 Å². The summed E-state index contributed by atoms with van der Waals surface area (Å²) in [5, 5.41) is 9.44. The Hall–Kier alpha value is -3.30. The summed E-state index contributed by atoms with van der Waals surface area (Å²) in [6, 6.07) is 11.3. The average molecular weight is 469 g/mol. The van der Waals surface area contributed by atoms with Gasteiger partial charge in [0.1, 0.15) is 5.82 Å². The Kier molecular flexibility index (Phi) is 5.59. The number of aromatic nitrogens is 4. The zero-order chi connectivity index (χ0) is 23.1. The van der Waals surface area contributed by atoms with Gasteiger partial charge in [0.05, 0.1) is 28.0 Å². The first kappa shape index (κ1) is 21.5. The van der Waals surface area contributed by atoms with Gasteiger partial charge in [0.25, 0.3) is 11.5 Å². The number of amides is 1. The van der Waals surface area contributed by atoms with Crippen molar-refractivity contribution in [3.05, 3.63) is 75.0 Å². The lowest BCUT2D eigenvalue weighted by molar-refractivity contribution is 0.0625. The van der Waals surface area contributed by atoms with E-state index < -0.39 is 5.82 Å². The Morgan fingerprint density at radius 2 is 1.85 bits per heavy atom. The number of halogens is 2. The number of hydrogen-bond donors (Lipinski definition) is 0. The van der Waals surface area contributed by atoms with Gasteiger partial charge in [0, 0.05) is 32.7 Å². The Labute approximate surface area is 193 Å². The van der Waals surface area contributed by atoms with Crippen molar-refractivity contribution in [3.63, 3.8) is 0 Å². The van der Waals surface area contributed by atoms with Crippen molar-refractivity contribution in [2.24, 2.45) is 0 Å². The summed E-state index contributed by atoms with van der Waals surface area (Å²) in [6.07, 6.45) is 0. The van der Waals surface area contributed by atoms with E-state index in [9.17, 15) is 14.0 Å².